The smallest absolute Gasteiger partial charge is 0.0991 e. The summed E-state index contributed by atoms with van der Waals surface area (Å²) in [5.41, 5.74) is 3.09. The number of hydrogen-bond acceptors (Lipinski definition) is 3. The fourth-order valence-electron chi connectivity index (χ4n) is 3.17. The molecule has 106 valence electrons. The number of nitrogens with zero attached hydrogens (tertiary/aromatic N) is 3. The number of benzene rings is 1. The summed E-state index contributed by atoms with van der Waals surface area (Å²) in [4.78, 5) is 4.92. The van der Waals surface area contributed by atoms with Gasteiger partial charge in [-0.1, -0.05) is 12.0 Å². The molecule has 1 unspecified atom stereocenters. The normalized spacial score (nSPS) is 22.5. The third kappa shape index (κ3) is 2.94. The van der Waals surface area contributed by atoms with Crippen LogP contribution in [0.25, 0.3) is 0 Å². The van der Waals surface area contributed by atoms with Crippen molar-refractivity contribution in [2.45, 2.75) is 18.9 Å². The first-order valence-electron chi connectivity index (χ1n) is 7.46. The van der Waals surface area contributed by atoms with Gasteiger partial charge in [-0.15, -0.1) is 6.42 Å². The molecule has 0 N–H and O–H groups in total. The molecule has 1 fully saturated rings. The van der Waals surface area contributed by atoms with Crippen molar-refractivity contribution in [3.8, 4) is 18.4 Å². The summed E-state index contributed by atoms with van der Waals surface area (Å²) in [6.45, 7) is 4.20. The Morgan fingerprint density at radius 2 is 1.81 bits per heavy atom. The summed E-state index contributed by atoms with van der Waals surface area (Å²) in [6, 6.07) is 10.6. The number of piperazine rings is 1. The topological polar surface area (TPSA) is 30.3 Å². The molecule has 1 heterocycles. The Morgan fingerprint density at radius 3 is 2.38 bits per heavy atom. The molecule has 3 rings (SSSR count). The lowest BCUT2D eigenvalue weighted by Crippen LogP contribution is -2.49. The molecule has 3 heteroatoms. The third-order valence-corrected chi connectivity index (χ3v) is 4.43. The Bertz CT molecular complexity index is 607. The van der Waals surface area contributed by atoms with Crippen LogP contribution in [0.5, 0.6) is 0 Å². The molecule has 1 aromatic rings. The van der Waals surface area contributed by atoms with E-state index in [1.807, 2.05) is 24.3 Å². The highest BCUT2D eigenvalue weighted by atomic mass is 15.3. The van der Waals surface area contributed by atoms with Crippen LogP contribution in [0.3, 0.4) is 0 Å². The number of terminal acetylenes is 1. The van der Waals surface area contributed by atoms with E-state index in [9.17, 15) is 0 Å². The molecule has 0 bridgehead atoms. The predicted molar refractivity (Wildman–Crippen MR) is 84.9 cm³/mol. The van der Waals surface area contributed by atoms with Gasteiger partial charge in [-0.2, -0.15) is 5.26 Å². The van der Waals surface area contributed by atoms with Gasteiger partial charge in [0.15, 0.2) is 0 Å². The van der Waals surface area contributed by atoms with Gasteiger partial charge in [0.2, 0.25) is 0 Å². The fourth-order valence-corrected chi connectivity index (χ4v) is 3.17. The molecule has 0 saturated carbocycles. The largest absolute Gasteiger partial charge is 0.369 e. The third-order valence-electron chi connectivity index (χ3n) is 4.43. The molecule has 0 amide bonds. The van der Waals surface area contributed by atoms with Gasteiger partial charge < -0.3 is 4.90 Å². The van der Waals surface area contributed by atoms with Crippen LogP contribution in [0.1, 0.15) is 18.4 Å². The lowest BCUT2D eigenvalue weighted by molar-refractivity contribution is 0.214. The van der Waals surface area contributed by atoms with Crippen LogP contribution in [0.15, 0.2) is 35.9 Å². The maximum Gasteiger partial charge on any atom is 0.0991 e. The lowest BCUT2D eigenvalue weighted by Gasteiger charge is -2.38. The Balaban J connectivity index is 1.59. The van der Waals surface area contributed by atoms with Crippen LogP contribution in [-0.2, 0) is 0 Å². The van der Waals surface area contributed by atoms with Gasteiger partial charge in [-0.3, -0.25) is 4.90 Å². The quantitative estimate of drug-likeness (QED) is 0.778. The van der Waals surface area contributed by atoms with Gasteiger partial charge in [0, 0.05) is 37.9 Å². The van der Waals surface area contributed by atoms with E-state index in [4.69, 9.17) is 11.7 Å². The zero-order valence-electron chi connectivity index (χ0n) is 12.1. The second kappa shape index (κ2) is 6.04. The zero-order valence-corrected chi connectivity index (χ0v) is 12.1. The number of hydrogen-bond donors (Lipinski definition) is 0. The molecule has 1 aliphatic heterocycles. The SMILES string of the molecule is C#CC1=CC(N2CCN(c3ccc(C#N)cc3)CC2)CC1. The van der Waals surface area contributed by atoms with Crippen LogP contribution >= 0.6 is 0 Å². The van der Waals surface area contributed by atoms with Crippen molar-refractivity contribution in [2.24, 2.45) is 0 Å². The molecule has 21 heavy (non-hydrogen) atoms. The molecule has 1 atom stereocenters. The number of rotatable bonds is 2. The average Bonchev–Trinajstić information content (AvgIpc) is 3.04. The van der Waals surface area contributed by atoms with Crippen LogP contribution < -0.4 is 4.90 Å². The molecule has 1 saturated heterocycles. The van der Waals surface area contributed by atoms with Crippen molar-refractivity contribution in [2.75, 3.05) is 31.1 Å². The van der Waals surface area contributed by atoms with Gasteiger partial charge in [-0.25, -0.2) is 0 Å². The van der Waals surface area contributed by atoms with Crippen LogP contribution in [-0.4, -0.2) is 37.1 Å². The number of nitriles is 1. The summed E-state index contributed by atoms with van der Waals surface area (Å²) < 4.78 is 0. The molecular formula is C18H19N3. The minimum atomic E-state index is 0.527. The molecule has 1 aliphatic carbocycles. The van der Waals surface area contributed by atoms with Crippen molar-refractivity contribution in [3.05, 3.63) is 41.5 Å². The molecular weight excluding hydrogens is 258 g/mol. The highest BCUT2D eigenvalue weighted by molar-refractivity contribution is 5.50. The standard InChI is InChI=1S/C18H19N3/c1-2-15-3-8-18(13-15)21-11-9-20(10-12-21)17-6-4-16(14-19)5-7-17/h1,4-7,13,18H,3,8-12H2. The maximum atomic E-state index is 8.85. The second-order valence-corrected chi connectivity index (χ2v) is 5.62. The van der Waals surface area contributed by atoms with Gasteiger partial charge in [0.1, 0.15) is 0 Å². The first-order valence-corrected chi connectivity index (χ1v) is 7.46. The minimum Gasteiger partial charge on any atom is -0.369 e. The second-order valence-electron chi connectivity index (χ2n) is 5.62. The summed E-state index contributed by atoms with van der Waals surface area (Å²) in [7, 11) is 0. The van der Waals surface area contributed by atoms with Gasteiger partial charge in [0.05, 0.1) is 11.6 Å². The van der Waals surface area contributed by atoms with Gasteiger partial charge >= 0.3 is 0 Å². The lowest BCUT2D eigenvalue weighted by atomic mass is 10.1. The highest BCUT2D eigenvalue weighted by Gasteiger charge is 2.25. The Labute approximate surface area is 126 Å². The van der Waals surface area contributed by atoms with Crippen LogP contribution in [0, 0.1) is 23.7 Å². The Hall–Kier alpha value is -2.23. The molecule has 1 aromatic carbocycles. The van der Waals surface area contributed by atoms with E-state index in [2.05, 4.69) is 27.9 Å². The van der Waals surface area contributed by atoms with E-state index >= 15 is 0 Å². The van der Waals surface area contributed by atoms with Crippen LogP contribution in [0.2, 0.25) is 0 Å². The predicted octanol–water partition coefficient (Wildman–Crippen LogP) is 2.40. The average molecular weight is 277 g/mol. The van der Waals surface area contributed by atoms with E-state index in [1.54, 1.807) is 0 Å². The molecule has 3 nitrogen and oxygen atoms in total. The highest BCUT2D eigenvalue weighted by Crippen LogP contribution is 2.24. The summed E-state index contributed by atoms with van der Waals surface area (Å²) >= 11 is 0. The van der Waals surface area contributed by atoms with Crippen molar-refractivity contribution < 1.29 is 0 Å². The first kappa shape index (κ1) is 13.7. The summed E-state index contributed by atoms with van der Waals surface area (Å²) in [5, 5.41) is 8.85. The summed E-state index contributed by atoms with van der Waals surface area (Å²) in [6.07, 6.45) is 9.96. The molecule has 0 aromatic heterocycles. The summed E-state index contributed by atoms with van der Waals surface area (Å²) in [5.74, 6) is 2.78. The van der Waals surface area contributed by atoms with Gasteiger partial charge in [-0.05, 0) is 42.7 Å². The number of anilines is 1. The van der Waals surface area contributed by atoms with E-state index in [0.29, 0.717) is 6.04 Å². The van der Waals surface area contributed by atoms with Crippen molar-refractivity contribution in [3.63, 3.8) is 0 Å². The fraction of sp³-hybridized carbons (Fsp3) is 0.389. The van der Waals surface area contributed by atoms with Crippen molar-refractivity contribution >= 4 is 5.69 Å². The zero-order chi connectivity index (χ0) is 14.7. The number of allylic oxidation sites excluding steroid dienone is 1. The first-order chi connectivity index (χ1) is 10.3. The van der Waals surface area contributed by atoms with Gasteiger partial charge in [0.25, 0.3) is 0 Å². The van der Waals surface area contributed by atoms with Crippen molar-refractivity contribution in [1.82, 2.24) is 4.90 Å². The van der Waals surface area contributed by atoms with E-state index < -0.39 is 0 Å². The van der Waals surface area contributed by atoms with E-state index in [-0.39, 0.29) is 0 Å². The van der Waals surface area contributed by atoms with Crippen LogP contribution in [0.4, 0.5) is 5.69 Å². The maximum absolute atomic E-state index is 8.85. The molecule has 0 spiro atoms. The molecule has 2 aliphatic rings. The monoisotopic (exact) mass is 277 g/mol. The Kier molecular flexibility index (Phi) is 3.95. The minimum absolute atomic E-state index is 0.527. The molecule has 0 radical (unpaired) electrons. The van der Waals surface area contributed by atoms with Crippen molar-refractivity contribution in [1.29, 1.82) is 5.26 Å². The van der Waals surface area contributed by atoms with E-state index in [1.165, 1.54) is 5.69 Å². The Morgan fingerprint density at radius 1 is 1.10 bits per heavy atom. The van der Waals surface area contributed by atoms with E-state index in [0.717, 1.165) is 50.2 Å².